The van der Waals surface area contributed by atoms with Crippen molar-refractivity contribution in [2.24, 2.45) is 7.05 Å². The lowest BCUT2D eigenvalue weighted by Gasteiger charge is -2.13. The Hall–Kier alpha value is -2.53. The number of aliphatic hydroxyl groups is 1. The fraction of sp³-hybridized carbons (Fsp3) is 0.357. The van der Waals surface area contributed by atoms with Gasteiger partial charge in [-0.15, -0.1) is 5.10 Å². The number of hydrogen-bond acceptors (Lipinski definition) is 6. The molecule has 0 aliphatic carbocycles. The van der Waals surface area contributed by atoms with Crippen LogP contribution in [-0.2, 0) is 13.2 Å². The minimum atomic E-state index is -4.72. The number of nitro groups is 1. The lowest BCUT2D eigenvalue weighted by atomic mass is 10.2. The first-order valence-corrected chi connectivity index (χ1v) is 7.55. The summed E-state index contributed by atoms with van der Waals surface area (Å²) in [5.41, 5.74) is -1.44. The van der Waals surface area contributed by atoms with E-state index in [0.717, 1.165) is 13.1 Å². The third-order valence-corrected chi connectivity index (χ3v) is 3.62. The van der Waals surface area contributed by atoms with E-state index < -0.39 is 33.7 Å². The predicted octanol–water partition coefficient (Wildman–Crippen LogP) is 3.59. The molecule has 0 aliphatic rings. The predicted molar refractivity (Wildman–Crippen MR) is 86.6 cm³/mol. The number of aromatic nitrogens is 2. The Bertz CT molecular complexity index is 825. The monoisotopic (exact) mass is 394 g/mol. The zero-order valence-electron chi connectivity index (χ0n) is 13.5. The molecule has 8 nitrogen and oxygen atoms in total. The fourth-order valence-corrected chi connectivity index (χ4v) is 2.43. The number of hydrogen-bond donors (Lipinski definition) is 2. The normalized spacial score (nSPS) is 12.7. The van der Waals surface area contributed by atoms with E-state index in [-0.39, 0.29) is 23.7 Å². The van der Waals surface area contributed by atoms with Crippen LogP contribution in [0.4, 0.5) is 24.5 Å². The van der Waals surface area contributed by atoms with Gasteiger partial charge in [0.15, 0.2) is 5.69 Å². The molecule has 0 bridgehead atoms. The van der Waals surface area contributed by atoms with Gasteiger partial charge >= 0.3 is 6.18 Å². The third-order valence-electron chi connectivity index (χ3n) is 3.28. The van der Waals surface area contributed by atoms with Gasteiger partial charge < -0.3 is 15.2 Å². The quantitative estimate of drug-likeness (QED) is 0.573. The molecule has 1 atom stereocenters. The second-order valence-electron chi connectivity index (χ2n) is 5.36. The Labute approximate surface area is 150 Å². The van der Waals surface area contributed by atoms with Gasteiger partial charge in [0.1, 0.15) is 16.5 Å². The summed E-state index contributed by atoms with van der Waals surface area (Å²) in [6, 6.07) is 3.02. The van der Waals surface area contributed by atoms with Gasteiger partial charge in [0.25, 0.3) is 11.6 Å². The Morgan fingerprint density at radius 2 is 2.15 bits per heavy atom. The summed E-state index contributed by atoms with van der Waals surface area (Å²) in [7, 11) is 1.06. The Kier molecular flexibility index (Phi) is 5.62. The van der Waals surface area contributed by atoms with E-state index in [4.69, 9.17) is 21.4 Å². The van der Waals surface area contributed by atoms with Crippen LogP contribution in [0, 0.1) is 10.1 Å². The summed E-state index contributed by atoms with van der Waals surface area (Å²) in [5, 5.41) is 25.7. The van der Waals surface area contributed by atoms with Gasteiger partial charge in [-0.2, -0.15) is 13.2 Å². The van der Waals surface area contributed by atoms with Crippen LogP contribution >= 0.6 is 11.6 Å². The Morgan fingerprint density at radius 3 is 2.65 bits per heavy atom. The second kappa shape index (κ2) is 7.38. The molecule has 1 unspecified atom stereocenters. The van der Waals surface area contributed by atoms with Crippen LogP contribution in [0.5, 0.6) is 11.6 Å². The molecule has 1 aromatic heterocycles. The van der Waals surface area contributed by atoms with Crippen molar-refractivity contribution in [2.45, 2.75) is 19.1 Å². The van der Waals surface area contributed by atoms with Gasteiger partial charge in [0, 0.05) is 25.2 Å². The first-order valence-electron chi connectivity index (χ1n) is 7.18. The number of anilines is 1. The molecule has 0 amide bonds. The third kappa shape index (κ3) is 4.17. The molecular weight excluding hydrogens is 381 g/mol. The van der Waals surface area contributed by atoms with Crippen molar-refractivity contribution in [1.29, 1.82) is 0 Å². The van der Waals surface area contributed by atoms with E-state index in [1.807, 2.05) is 0 Å². The van der Waals surface area contributed by atoms with Gasteiger partial charge in [-0.1, -0.05) is 11.6 Å². The largest absolute Gasteiger partial charge is 0.436 e. The molecule has 0 saturated heterocycles. The van der Waals surface area contributed by atoms with Crippen molar-refractivity contribution in [3.05, 3.63) is 39.0 Å². The SMILES string of the molecule is CC(CO)Nc1cc(Oc2nn(C)c(C(F)(F)F)c2Cl)ccc1[N+](=O)[O-]. The maximum atomic E-state index is 12.9. The number of benzene rings is 1. The average molecular weight is 395 g/mol. The van der Waals surface area contributed by atoms with Crippen LogP contribution in [0.3, 0.4) is 0 Å². The number of aryl methyl sites for hydroxylation is 1. The van der Waals surface area contributed by atoms with E-state index in [1.54, 1.807) is 6.92 Å². The first kappa shape index (κ1) is 19.8. The molecule has 0 aliphatic heterocycles. The van der Waals surface area contributed by atoms with Crippen molar-refractivity contribution >= 4 is 23.0 Å². The molecule has 0 fully saturated rings. The van der Waals surface area contributed by atoms with Gasteiger partial charge in [-0.25, -0.2) is 0 Å². The van der Waals surface area contributed by atoms with Gasteiger partial charge in [-0.3, -0.25) is 14.8 Å². The topological polar surface area (TPSA) is 102 Å². The van der Waals surface area contributed by atoms with Gasteiger partial charge in [0.2, 0.25) is 0 Å². The number of rotatable bonds is 6. The molecule has 2 rings (SSSR count). The number of nitrogens with zero attached hydrogens (tertiary/aromatic N) is 3. The van der Waals surface area contributed by atoms with Crippen LogP contribution in [0.1, 0.15) is 12.6 Å². The fourth-order valence-electron chi connectivity index (χ4n) is 2.12. The number of halogens is 4. The molecule has 0 spiro atoms. The summed E-state index contributed by atoms with van der Waals surface area (Å²) >= 11 is 5.71. The summed E-state index contributed by atoms with van der Waals surface area (Å²) in [6.07, 6.45) is -4.72. The Balaban J connectivity index is 2.39. The van der Waals surface area contributed by atoms with E-state index in [1.165, 1.54) is 12.1 Å². The smallest absolute Gasteiger partial charge is 0.434 e. The van der Waals surface area contributed by atoms with Crippen molar-refractivity contribution in [3.8, 4) is 11.6 Å². The zero-order valence-corrected chi connectivity index (χ0v) is 14.3. The lowest BCUT2D eigenvalue weighted by molar-refractivity contribution is -0.384. The summed E-state index contributed by atoms with van der Waals surface area (Å²) in [5.74, 6) is -0.506. The molecule has 0 radical (unpaired) electrons. The molecule has 2 N–H and O–H groups in total. The zero-order chi connectivity index (χ0) is 19.6. The minimum absolute atomic E-state index is 0.0167. The lowest BCUT2D eigenvalue weighted by Crippen LogP contribution is -2.19. The van der Waals surface area contributed by atoms with Crippen LogP contribution < -0.4 is 10.1 Å². The van der Waals surface area contributed by atoms with Crippen LogP contribution in [0.2, 0.25) is 5.02 Å². The molecule has 1 heterocycles. The van der Waals surface area contributed by atoms with Crippen molar-refractivity contribution in [3.63, 3.8) is 0 Å². The highest BCUT2D eigenvalue weighted by molar-refractivity contribution is 6.32. The number of nitro benzene ring substituents is 1. The molecule has 1 aromatic carbocycles. The van der Waals surface area contributed by atoms with Gasteiger partial charge in [0.05, 0.1) is 11.5 Å². The van der Waals surface area contributed by atoms with E-state index in [0.29, 0.717) is 4.68 Å². The van der Waals surface area contributed by atoms with E-state index in [2.05, 4.69) is 10.4 Å². The van der Waals surface area contributed by atoms with Gasteiger partial charge in [-0.05, 0) is 13.0 Å². The summed E-state index contributed by atoms with van der Waals surface area (Å²) in [4.78, 5) is 10.4. The molecule has 0 saturated carbocycles. The maximum Gasteiger partial charge on any atom is 0.434 e. The molecule has 2 aromatic rings. The van der Waals surface area contributed by atoms with Crippen LogP contribution in [-0.4, -0.2) is 32.5 Å². The van der Waals surface area contributed by atoms with Crippen molar-refractivity contribution < 1.29 is 27.9 Å². The molecular formula is C14H14ClF3N4O4. The van der Waals surface area contributed by atoms with Crippen LogP contribution in [0.15, 0.2) is 18.2 Å². The average Bonchev–Trinajstić information content (AvgIpc) is 2.80. The maximum absolute atomic E-state index is 12.9. The Morgan fingerprint density at radius 1 is 1.50 bits per heavy atom. The van der Waals surface area contributed by atoms with Crippen molar-refractivity contribution in [1.82, 2.24) is 9.78 Å². The standard InChI is InChI=1S/C14H14ClF3N4O4/c1-7(6-23)19-9-5-8(3-4-10(9)22(24)25)26-13-11(15)12(14(16,17)18)21(2)20-13/h3-5,7,19,23H,6H2,1-2H3. The van der Waals surface area contributed by atoms with Crippen molar-refractivity contribution in [2.75, 3.05) is 11.9 Å². The summed E-state index contributed by atoms with van der Waals surface area (Å²) in [6.45, 7) is 1.30. The molecule has 26 heavy (non-hydrogen) atoms. The highest BCUT2D eigenvalue weighted by Crippen LogP contribution is 2.41. The minimum Gasteiger partial charge on any atom is -0.436 e. The van der Waals surface area contributed by atoms with E-state index in [9.17, 15) is 23.3 Å². The molecule has 142 valence electrons. The number of alkyl halides is 3. The number of ether oxygens (including phenoxy) is 1. The highest BCUT2D eigenvalue weighted by atomic mass is 35.5. The number of aliphatic hydroxyl groups excluding tert-OH is 1. The highest BCUT2D eigenvalue weighted by Gasteiger charge is 2.39. The second-order valence-corrected chi connectivity index (χ2v) is 5.73. The van der Waals surface area contributed by atoms with Crippen LogP contribution in [0.25, 0.3) is 0 Å². The van der Waals surface area contributed by atoms with E-state index >= 15 is 0 Å². The number of nitrogens with one attached hydrogen (secondary N) is 1. The summed E-state index contributed by atoms with van der Waals surface area (Å²) < 4.78 is 44.6. The molecule has 12 heteroatoms. The first-order chi connectivity index (χ1) is 12.0.